The fraction of sp³-hybridized carbons (Fsp3) is 0.0411. The Balaban J connectivity index is 0.953. The van der Waals surface area contributed by atoms with Crippen molar-refractivity contribution in [1.29, 1.82) is 0 Å². The summed E-state index contributed by atoms with van der Waals surface area (Å²) >= 11 is 0. The number of fused-ring (bicyclic) bond motifs is 9. The van der Waals surface area contributed by atoms with Crippen LogP contribution >= 0.6 is 0 Å². The van der Waals surface area contributed by atoms with Crippen LogP contribution in [0.5, 0.6) is 0 Å². The molecule has 0 fully saturated rings. The van der Waals surface area contributed by atoms with Crippen LogP contribution in [0.25, 0.3) is 61.3 Å². The van der Waals surface area contributed by atoms with Crippen molar-refractivity contribution < 1.29 is 17.6 Å². The number of benzene rings is 11. The number of hydrogen-bond donors (Lipinski definition) is 0. The van der Waals surface area contributed by atoms with Gasteiger partial charge in [-0.05, 0) is 155 Å². The minimum Gasteiger partial charge on any atom is -0.314 e. The fourth-order valence-corrected chi connectivity index (χ4v) is 13.1. The molecule has 0 unspecified atom stereocenters. The predicted molar refractivity (Wildman–Crippen MR) is 321 cm³/mol. The monoisotopic (exact) mass is 1060 g/mol. The first-order valence-electron chi connectivity index (χ1n) is 27.2. The number of aromatic nitrogens is 2. The van der Waals surface area contributed by atoms with Crippen LogP contribution in [0.15, 0.2) is 267 Å². The largest absolute Gasteiger partial charge is 0.314 e. The molecule has 2 aliphatic carbocycles. The van der Waals surface area contributed by atoms with Crippen LogP contribution in [0, 0.1) is 23.3 Å². The van der Waals surface area contributed by atoms with Gasteiger partial charge in [0.1, 0.15) is 0 Å². The molecule has 0 amide bonds. The molecule has 0 bridgehead atoms. The molecule has 0 atom stereocenters. The van der Waals surface area contributed by atoms with Crippen LogP contribution < -0.4 is 9.80 Å². The van der Waals surface area contributed by atoms with Crippen LogP contribution in [-0.4, -0.2) is 9.13 Å². The van der Waals surface area contributed by atoms with Gasteiger partial charge in [-0.2, -0.15) is 0 Å². The summed E-state index contributed by atoms with van der Waals surface area (Å²) in [5.41, 5.74) is 16.7. The van der Waals surface area contributed by atoms with Gasteiger partial charge in [0.25, 0.3) is 0 Å². The smallest absolute Gasteiger partial charge is 0.160 e. The van der Waals surface area contributed by atoms with Gasteiger partial charge in [0, 0.05) is 85.1 Å². The van der Waals surface area contributed by atoms with E-state index in [4.69, 9.17) is 0 Å². The third kappa shape index (κ3) is 7.58. The quantitative estimate of drug-likeness (QED) is 0.127. The molecule has 15 rings (SSSR count). The maximum Gasteiger partial charge on any atom is 0.160 e. The zero-order valence-electron chi connectivity index (χ0n) is 43.6. The van der Waals surface area contributed by atoms with E-state index in [-0.39, 0.29) is 0 Å². The summed E-state index contributed by atoms with van der Waals surface area (Å²) in [6, 6.07) is 85.7. The topological polar surface area (TPSA) is 16.3 Å². The number of para-hydroxylation sites is 4. The molecular formula is C73H48F4N4. The van der Waals surface area contributed by atoms with E-state index in [1.54, 1.807) is 12.1 Å². The highest BCUT2D eigenvalue weighted by Crippen LogP contribution is 2.59. The highest BCUT2D eigenvalue weighted by molar-refractivity contribution is 6.11. The van der Waals surface area contributed by atoms with Gasteiger partial charge in [0.15, 0.2) is 23.3 Å². The molecule has 4 nitrogen and oxygen atoms in total. The Hall–Kier alpha value is -10.2. The second kappa shape index (κ2) is 19.0. The third-order valence-corrected chi connectivity index (χ3v) is 16.5. The summed E-state index contributed by atoms with van der Waals surface area (Å²) in [4.78, 5) is 4.10. The van der Waals surface area contributed by atoms with E-state index in [1.807, 2.05) is 59.5 Å². The van der Waals surface area contributed by atoms with Crippen molar-refractivity contribution in [2.45, 2.75) is 18.3 Å². The zero-order chi connectivity index (χ0) is 54.3. The normalized spacial score (nSPS) is 13.3. The molecule has 2 aromatic heterocycles. The highest BCUT2D eigenvalue weighted by atomic mass is 19.2. The average molecular weight is 1060 g/mol. The van der Waals surface area contributed by atoms with Gasteiger partial charge >= 0.3 is 0 Å². The first kappa shape index (κ1) is 48.0. The third-order valence-electron chi connectivity index (χ3n) is 16.5. The van der Waals surface area contributed by atoms with Crippen molar-refractivity contribution in [1.82, 2.24) is 9.13 Å². The Morgan fingerprint density at radius 1 is 0.333 bits per heavy atom. The number of rotatable bonds is 10. The molecule has 0 N–H and O–H groups in total. The summed E-state index contributed by atoms with van der Waals surface area (Å²) in [5.74, 6) is -3.76. The summed E-state index contributed by atoms with van der Waals surface area (Å²) in [5, 5.41) is 3.15. The van der Waals surface area contributed by atoms with E-state index in [1.165, 1.54) is 30.0 Å². The van der Waals surface area contributed by atoms with Crippen LogP contribution in [0.2, 0.25) is 0 Å². The number of halogens is 4. The summed E-state index contributed by atoms with van der Waals surface area (Å²) < 4.78 is 66.2. The molecule has 8 heteroatoms. The Labute approximate surface area is 465 Å². The summed E-state index contributed by atoms with van der Waals surface area (Å²) in [6.07, 6.45) is 3.52. The molecule has 11 aromatic carbocycles. The van der Waals surface area contributed by atoms with Crippen LogP contribution in [0.4, 0.5) is 46.0 Å². The maximum absolute atomic E-state index is 15.8. The lowest BCUT2D eigenvalue weighted by Crippen LogP contribution is -2.29. The van der Waals surface area contributed by atoms with Crippen molar-refractivity contribution in [3.8, 4) is 22.5 Å². The van der Waals surface area contributed by atoms with E-state index in [2.05, 4.69) is 190 Å². The Bertz CT molecular complexity index is 4600. The molecular weight excluding hydrogens is 1010 g/mol. The van der Waals surface area contributed by atoms with Crippen LogP contribution in [0.1, 0.15) is 39.9 Å². The van der Waals surface area contributed by atoms with Gasteiger partial charge in [-0.25, -0.2) is 17.6 Å². The molecule has 2 aliphatic rings. The van der Waals surface area contributed by atoms with Gasteiger partial charge in [-0.15, -0.1) is 0 Å². The number of hydrogen-bond acceptors (Lipinski definition) is 2. The van der Waals surface area contributed by atoms with E-state index >= 15 is 17.6 Å². The van der Waals surface area contributed by atoms with Gasteiger partial charge in [-0.3, -0.25) is 0 Å². The lowest BCUT2D eigenvalue weighted by Gasteiger charge is -2.36. The molecule has 0 radical (unpaired) electrons. The molecule has 0 aliphatic heterocycles. The van der Waals surface area contributed by atoms with E-state index < -0.39 is 28.7 Å². The number of nitrogens with zero attached hydrogens (tertiary/aromatic N) is 4. The molecule has 2 heterocycles. The Morgan fingerprint density at radius 3 is 1.35 bits per heavy atom. The lowest BCUT2D eigenvalue weighted by molar-refractivity contribution is 0.509. The molecule has 0 spiro atoms. The van der Waals surface area contributed by atoms with Gasteiger partial charge in [0.05, 0.1) is 22.0 Å². The zero-order valence-corrected chi connectivity index (χ0v) is 43.6. The molecule has 81 heavy (non-hydrogen) atoms. The van der Waals surface area contributed by atoms with Gasteiger partial charge < -0.3 is 18.9 Å². The summed E-state index contributed by atoms with van der Waals surface area (Å²) in [7, 11) is 0. The first-order valence-corrected chi connectivity index (χ1v) is 27.2. The highest BCUT2D eigenvalue weighted by Gasteiger charge is 2.47. The fourth-order valence-electron chi connectivity index (χ4n) is 13.1. The molecule has 388 valence electrons. The van der Waals surface area contributed by atoms with E-state index in [0.717, 1.165) is 106 Å². The second-order valence-electron chi connectivity index (χ2n) is 20.9. The van der Waals surface area contributed by atoms with Crippen molar-refractivity contribution in [2.75, 3.05) is 9.80 Å². The van der Waals surface area contributed by atoms with Gasteiger partial charge in [0.2, 0.25) is 0 Å². The molecule has 13 aromatic rings. The first-order chi connectivity index (χ1) is 39.8. The average Bonchev–Trinajstić information content (AvgIpc) is 4.16. The lowest BCUT2D eigenvalue weighted by atomic mass is 9.67. The minimum absolute atomic E-state index is 0.445. The van der Waals surface area contributed by atoms with Crippen molar-refractivity contribution in [3.05, 3.63) is 323 Å². The van der Waals surface area contributed by atoms with E-state index in [9.17, 15) is 0 Å². The van der Waals surface area contributed by atoms with Crippen molar-refractivity contribution >= 4 is 67.2 Å². The van der Waals surface area contributed by atoms with E-state index in [0.29, 0.717) is 24.2 Å². The minimum atomic E-state index is -0.958. The van der Waals surface area contributed by atoms with Crippen LogP contribution in [0.3, 0.4) is 0 Å². The Morgan fingerprint density at radius 2 is 0.765 bits per heavy atom. The number of anilines is 5. The molecule has 0 saturated heterocycles. The SMILES string of the molecule is Fc1ccc(N(C2=Cc3c(n(-c4ccccc4)c4ccccc34)CC2)c2ccc3c(c2)C(c2ccccc2)(c2ccccc2)c2cc(N(c4ccc(F)c(F)c4)c4ccc5c(c4)c4ccccc4n5-c4ccccc4)ccc2-3)cc1F. The predicted octanol–water partition coefficient (Wildman–Crippen LogP) is 19.2. The van der Waals surface area contributed by atoms with Crippen LogP contribution in [-0.2, 0) is 11.8 Å². The van der Waals surface area contributed by atoms with Crippen molar-refractivity contribution in [2.24, 2.45) is 0 Å². The van der Waals surface area contributed by atoms with Crippen molar-refractivity contribution in [3.63, 3.8) is 0 Å². The maximum atomic E-state index is 15.8. The molecule has 0 saturated carbocycles. The summed E-state index contributed by atoms with van der Waals surface area (Å²) in [6.45, 7) is 0. The second-order valence-corrected chi connectivity index (χ2v) is 20.9. The number of allylic oxidation sites excluding steroid dienone is 1. The van der Waals surface area contributed by atoms with Gasteiger partial charge in [-0.1, -0.05) is 146 Å². The Kier molecular flexibility index (Phi) is 11.3. The standard InChI is InChI=1S/C73H48F4N4/c74-65-37-31-55(45-67(65)76)78(51-33-39-71-61(41-51)59-25-13-15-27-69(59)80(71)49-21-9-3-10-22-49)53-29-35-57-58-36-30-54(44-64(58)73(63(57)43-53,47-17-5-1-6-18-47)48-19-7-2-8-20-48)79(56-32-38-66(75)68(77)46-56)52-34-40-72-62(42-52)60-26-14-16-28-70(60)81(72)50-23-11-4-12-24-50/h1-33,35-39,41-46H,34,40H2.